The van der Waals surface area contributed by atoms with Gasteiger partial charge in [-0.25, -0.2) is 18.1 Å². The quantitative estimate of drug-likeness (QED) is 0.723. The van der Waals surface area contributed by atoms with Crippen LogP contribution in [0.25, 0.3) is 0 Å². The van der Waals surface area contributed by atoms with Gasteiger partial charge < -0.3 is 9.80 Å². The Morgan fingerprint density at radius 1 is 1.09 bits per heavy atom. The number of pyridine rings is 1. The summed E-state index contributed by atoms with van der Waals surface area (Å²) in [4.78, 5) is 21.9. The number of benzene rings is 1. The summed E-state index contributed by atoms with van der Waals surface area (Å²) in [6.45, 7) is 8.53. The van der Waals surface area contributed by atoms with E-state index in [1.165, 1.54) is 24.0 Å². The number of amides is 1. The normalized spacial score (nSPS) is 17.5. The highest BCUT2D eigenvalue weighted by atomic mass is 32.2. The molecule has 172 valence electrons. The van der Waals surface area contributed by atoms with Gasteiger partial charge in [-0.05, 0) is 68.4 Å². The summed E-state index contributed by atoms with van der Waals surface area (Å²) in [5, 5.41) is 0. The zero-order valence-electron chi connectivity index (χ0n) is 19.3. The number of nitrogens with zero attached hydrogens (tertiary/aromatic N) is 3. The van der Waals surface area contributed by atoms with Crippen LogP contribution in [0, 0.1) is 6.92 Å². The zero-order valence-corrected chi connectivity index (χ0v) is 20.1. The molecule has 0 spiro atoms. The van der Waals surface area contributed by atoms with Crippen LogP contribution in [-0.2, 0) is 15.6 Å². The average molecular weight is 457 g/mol. The summed E-state index contributed by atoms with van der Waals surface area (Å²) in [7, 11) is -3.34. The number of hydrogen-bond donors (Lipinski definition) is 1. The van der Waals surface area contributed by atoms with Crippen molar-refractivity contribution in [3.05, 3.63) is 58.8 Å². The molecule has 1 saturated heterocycles. The maximum Gasteiger partial charge on any atom is 0.253 e. The fourth-order valence-corrected chi connectivity index (χ4v) is 5.46. The highest BCUT2D eigenvalue weighted by Crippen LogP contribution is 2.40. The number of carbonyl (C=O) groups excluding carboxylic acids is 1. The van der Waals surface area contributed by atoms with E-state index in [2.05, 4.69) is 22.6 Å². The number of rotatable bonds is 6. The highest BCUT2D eigenvalue weighted by molar-refractivity contribution is 7.88. The molecule has 2 aliphatic rings. The van der Waals surface area contributed by atoms with Gasteiger partial charge in [0.1, 0.15) is 5.82 Å². The molecule has 4 rings (SSSR count). The molecule has 32 heavy (non-hydrogen) atoms. The van der Waals surface area contributed by atoms with E-state index in [0.717, 1.165) is 30.7 Å². The molecular formula is C24H32N4O3S. The maximum atomic E-state index is 13.0. The van der Waals surface area contributed by atoms with Gasteiger partial charge in [-0.3, -0.25) is 4.79 Å². The Hall–Kier alpha value is -2.45. The van der Waals surface area contributed by atoms with E-state index < -0.39 is 15.6 Å². The highest BCUT2D eigenvalue weighted by Gasteiger charge is 2.28. The van der Waals surface area contributed by atoms with Gasteiger partial charge in [0, 0.05) is 37.9 Å². The molecule has 7 nitrogen and oxygen atoms in total. The molecule has 1 aliphatic carbocycles. The van der Waals surface area contributed by atoms with E-state index in [9.17, 15) is 13.2 Å². The Bertz CT molecular complexity index is 1100. The minimum atomic E-state index is -3.34. The van der Waals surface area contributed by atoms with Gasteiger partial charge in [-0.15, -0.1) is 0 Å². The van der Waals surface area contributed by atoms with Crippen LogP contribution in [0.15, 0.2) is 36.5 Å². The lowest BCUT2D eigenvalue weighted by Crippen LogP contribution is -2.49. The van der Waals surface area contributed by atoms with Gasteiger partial charge in [0.15, 0.2) is 0 Å². The molecule has 1 N–H and O–H groups in total. The average Bonchev–Trinajstić information content (AvgIpc) is 3.57. The largest absolute Gasteiger partial charge is 0.353 e. The molecule has 1 aromatic carbocycles. The number of hydrogen-bond acceptors (Lipinski definition) is 5. The van der Waals surface area contributed by atoms with Crippen molar-refractivity contribution < 1.29 is 13.2 Å². The first-order valence-electron chi connectivity index (χ1n) is 11.1. The standard InChI is InChI=1S/C24H32N4O3S/c1-17-15-20(18-5-6-18)16-25-22(17)27-11-13-28(14-12-27)23(29)19-7-9-21(10-8-19)24(2,3)26-32(4,30)31/h7-10,15-16,18,26H,5-6,11-14H2,1-4H3. The molecule has 2 fully saturated rings. The fraction of sp³-hybridized carbons (Fsp3) is 0.500. The predicted molar refractivity (Wildman–Crippen MR) is 127 cm³/mol. The molecule has 1 aliphatic heterocycles. The Morgan fingerprint density at radius 3 is 2.25 bits per heavy atom. The Morgan fingerprint density at radius 2 is 1.72 bits per heavy atom. The molecule has 8 heteroatoms. The monoisotopic (exact) mass is 456 g/mol. The third kappa shape index (κ3) is 5.13. The minimum absolute atomic E-state index is 0.00107. The van der Waals surface area contributed by atoms with Gasteiger partial charge in [0.2, 0.25) is 10.0 Å². The van der Waals surface area contributed by atoms with Crippen LogP contribution in [-0.4, -0.2) is 56.6 Å². The minimum Gasteiger partial charge on any atom is -0.353 e. The van der Waals surface area contributed by atoms with E-state index in [1.807, 2.05) is 23.2 Å². The van der Waals surface area contributed by atoms with E-state index in [-0.39, 0.29) is 5.91 Å². The number of aromatic nitrogens is 1. The summed E-state index contributed by atoms with van der Waals surface area (Å²) in [5.41, 5.74) is 3.22. The molecule has 1 aromatic heterocycles. The number of carbonyl (C=O) groups is 1. The Labute approximate surface area is 190 Å². The molecule has 0 bridgehead atoms. The summed E-state index contributed by atoms with van der Waals surface area (Å²) in [5.74, 6) is 1.72. The topological polar surface area (TPSA) is 82.6 Å². The maximum absolute atomic E-state index is 13.0. The van der Waals surface area contributed by atoms with Crippen molar-refractivity contribution in [1.82, 2.24) is 14.6 Å². The Kier molecular flexibility index (Phi) is 6.02. The van der Waals surface area contributed by atoms with Gasteiger partial charge in [-0.1, -0.05) is 18.2 Å². The number of nitrogens with one attached hydrogen (secondary N) is 1. The summed E-state index contributed by atoms with van der Waals surface area (Å²) in [6.07, 6.45) is 5.70. The van der Waals surface area contributed by atoms with Crippen LogP contribution < -0.4 is 9.62 Å². The van der Waals surface area contributed by atoms with Crippen molar-refractivity contribution in [2.24, 2.45) is 0 Å². The van der Waals surface area contributed by atoms with Gasteiger partial charge >= 0.3 is 0 Å². The molecule has 2 aromatic rings. The lowest BCUT2D eigenvalue weighted by molar-refractivity contribution is 0.0746. The summed E-state index contributed by atoms with van der Waals surface area (Å²) in [6, 6.07) is 9.45. The summed E-state index contributed by atoms with van der Waals surface area (Å²) >= 11 is 0. The Balaban J connectivity index is 1.38. The summed E-state index contributed by atoms with van der Waals surface area (Å²) < 4.78 is 25.9. The molecule has 2 heterocycles. The number of sulfonamides is 1. The number of aryl methyl sites for hydroxylation is 1. The van der Waals surface area contributed by atoms with Crippen molar-refractivity contribution in [2.45, 2.75) is 45.1 Å². The predicted octanol–water partition coefficient (Wildman–Crippen LogP) is 3.01. The second-order valence-electron chi connectivity index (χ2n) is 9.54. The van der Waals surface area contributed by atoms with Gasteiger partial charge in [0.25, 0.3) is 5.91 Å². The first-order valence-corrected chi connectivity index (χ1v) is 13.0. The molecule has 1 saturated carbocycles. The van der Waals surface area contributed by atoms with E-state index in [0.29, 0.717) is 24.6 Å². The third-order valence-electron chi connectivity index (χ3n) is 6.28. The van der Waals surface area contributed by atoms with Crippen molar-refractivity contribution in [3.8, 4) is 0 Å². The third-order valence-corrected chi connectivity index (χ3v) is 7.16. The smallest absolute Gasteiger partial charge is 0.253 e. The molecule has 1 amide bonds. The van der Waals surface area contributed by atoms with Crippen LogP contribution in [0.4, 0.5) is 5.82 Å². The van der Waals surface area contributed by atoms with E-state index in [4.69, 9.17) is 4.98 Å². The van der Waals surface area contributed by atoms with E-state index >= 15 is 0 Å². The van der Waals surface area contributed by atoms with Crippen LogP contribution >= 0.6 is 0 Å². The van der Waals surface area contributed by atoms with Crippen LogP contribution in [0.5, 0.6) is 0 Å². The molecule has 0 radical (unpaired) electrons. The first-order chi connectivity index (χ1) is 15.0. The molecule has 0 unspecified atom stereocenters. The van der Waals surface area contributed by atoms with Gasteiger partial charge in [-0.2, -0.15) is 0 Å². The second kappa shape index (κ2) is 8.48. The number of anilines is 1. The van der Waals surface area contributed by atoms with Crippen molar-refractivity contribution >= 4 is 21.7 Å². The lowest BCUT2D eigenvalue weighted by atomic mass is 9.94. The first kappa shape index (κ1) is 22.7. The van der Waals surface area contributed by atoms with Crippen molar-refractivity contribution in [1.29, 1.82) is 0 Å². The molecule has 0 atom stereocenters. The van der Waals surface area contributed by atoms with Crippen LogP contribution in [0.2, 0.25) is 0 Å². The fourth-order valence-electron chi connectivity index (χ4n) is 4.42. The zero-order chi connectivity index (χ0) is 23.1. The lowest BCUT2D eigenvalue weighted by Gasteiger charge is -2.36. The van der Waals surface area contributed by atoms with Crippen LogP contribution in [0.1, 0.15) is 59.7 Å². The van der Waals surface area contributed by atoms with Crippen molar-refractivity contribution in [2.75, 3.05) is 37.3 Å². The molecular weight excluding hydrogens is 424 g/mol. The number of piperazine rings is 1. The SMILES string of the molecule is Cc1cc(C2CC2)cnc1N1CCN(C(=O)c2ccc(C(C)(C)NS(C)(=O)=O)cc2)CC1. The van der Waals surface area contributed by atoms with E-state index in [1.54, 1.807) is 26.0 Å². The van der Waals surface area contributed by atoms with Crippen LogP contribution in [0.3, 0.4) is 0 Å². The second-order valence-corrected chi connectivity index (χ2v) is 11.3. The van der Waals surface area contributed by atoms with Crippen molar-refractivity contribution in [3.63, 3.8) is 0 Å². The van der Waals surface area contributed by atoms with Gasteiger partial charge in [0.05, 0.1) is 11.8 Å².